The Hall–Kier alpha value is -1.40. The van der Waals surface area contributed by atoms with Gasteiger partial charge in [-0.2, -0.15) is 0 Å². The summed E-state index contributed by atoms with van der Waals surface area (Å²) >= 11 is 18.8. The quantitative estimate of drug-likeness (QED) is 0.564. The van der Waals surface area contributed by atoms with Crippen LogP contribution >= 0.6 is 47.2 Å². The second kappa shape index (κ2) is 6.38. The summed E-state index contributed by atoms with van der Waals surface area (Å²) in [5.41, 5.74) is 1.25. The van der Waals surface area contributed by atoms with E-state index in [2.05, 4.69) is 4.98 Å². The van der Waals surface area contributed by atoms with Crippen LogP contribution in [0.4, 0.5) is 5.69 Å². The number of amides is 1. The first-order valence-corrected chi connectivity index (χ1v) is 8.18. The summed E-state index contributed by atoms with van der Waals surface area (Å²) < 4.78 is 0.451. The van der Waals surface area contributed by atoms with Crippen LogP contribution in [0.15, 0.2) is 47.6 Å². The number of nitrogens with zero attached hydrogens (tertiary/aromatic N) is 2. The second-order valence-electron chi connectivity index (χ2n) is 4.36. The van der Waals surface area contributed by atoms with Gasteiger partial charge in [0.1, 0.15) is 0 Å². The van der Waals surface area contributed by atoms with Crippen LogP contribution < -0.4 is 4.90 Å². The third-order valence-electron chi connectivity index (χ3n) is 2.97. The van der Waals surface area contributed by atoms with Gasteiger partial charge in [-0.25, -0.2) is 0 Å². The first kappa shape index (κ1) is 15.5. The average molecular weight is 367 g/mol. The van der Waals surface area contributed by atoms with Crippen LogP contribution in [0.1, 0.15) is 5.56 Å². The summed E-state index contributed by atoms with van der Waals surface area (Å²) in [6, 6.07) is 8.73. The van der Waals surface area contributed by atoms with Gasteiger partial charge in [0.25, 0.3) is 5.91 Å². The lowest BCUT2D eigenvalue weighted by Crippen LogP contribution is -2.27. The molecule has 0 saturated carbocycles. The van der Waals surface area contributed by atoms with Gasteiger partial charge in [0, 0.05) is 21.8 Å². The standard InChI is InChI=1S/C15H8Cl2N2OS2/c16-11-4-1-5-12(17)10(11)7-13-14(20)19(15(21)22-13)9-3-2-6-18-8-9/h1-8H/b13-7+. The summed E-state index contributed by atoms with van der Waals surface area (Å²) in [5.74, 6) is -0.209. The molecule has 1 fully saturated rings. The molecule has 0 atom stereocenters. The van der Waals surface area contributed by atoms with Crippen molar-refractivity contribution in [3.05, 3.63) is 63.2 Å². The van der Waals surface area contributed by atoms with Crippen LogP contribution in [-0.2, 0) is 4.79 Å². The molecule has 0 spiro atoms. The number of hydrogen-bond donors (Lipinski definition) is 0. The van der Waals surface area contributed by atoms with E-state index in [4.69, 9.17) is 35.4 Å². The molecule has 1 amide bonds. The van der Waals surface area contributed by atoms with Gasteiger partial charge in [0.15, 0.2) is 4.32 Å². The summed E-state index contributed by atoms with van der Waals surface area (Å²) in [5, 5.41) is 0.971. The number of thiocarbonyl (C=S) groups is 1. The van der Waals surface area contributed by atoms with Crippen molar-refractivity contribution in [2.45, 2.75) is 0 Å². The molecule has 1 aromatic carbocycles. The minimum atomic E-state index is -0.209. The molecule has 0 N–H and O–H groups in total. The molecule has 7 heteroatoms. The molecule has 0 aliphatic carbocycles. The smallest absolute Gasteiger partial charge is 0.268 e. The molecule has 0 bridgehead atoms. The molecular weight excluding hydrogens is 359 g/mol. The maximum atomic E-state index is 12.6. The Balaban J connectivity index is 2.00. The average Bonchev–Trinajstić information content (AvgIpc) is 2.78. The van der Waals surface area contributed by atoms with Crippen molar-refractivity contribution in [2.75, 3.05) is 4.90 Å². The summed E-state index contributed by atoms with van der Waals surface area (Å²) in [6.07, 6.45) is 4.90. The lowest BCUT2D eigenvalue weighted by molar-refractivity contribution is -0.113. The number of thioether (sulfide) groups is 1. The van der Waals surface area contributed by atoms with Gasteiger partial charge in [-0.05, 0) is 30.3 Å². The van der Waals surface area contributed by atoms with Gasteiger partial charge < -0.3 is 0 Å². The largest absolute Gasteiger partial charge is 0.270 e. The van der Waals surface area contributed by atoms with Crippen molar-refractivity contribution in [1.29, 1.82) is 0 Å². The van der Waals surface area contributed by atoms with E-state index >= 15 is 0 Å². The van der Waals surface area contributed by atoms with Gasteiger partial charge in [0.05, 0.1) is 16.8 Å². The van der Waals surface area contributed by atoms with E-state index in [0.717, 1.165) is 0 Å². The molecule has 3 rings (SSSR count). The van der Waals surface area contributed by atoms with Gasteiger partial charge >= 0.3 is 0 Å². The lowest BCUT2D eigenvalue weighted by Gasteiger charge is -2.13. The third kappa shape index (κ3) is 2.90. The third-order valence-corrected chi connectivity index (χ3v) is 4.93. The number of pyridine rings is 1. The van der Waals surface area contributed by atoms with E-state index in [1.807, 2.05) is 0 Å². The maximum absolute atomic E-state index is 12.6. The van der Waals surface area contributed by atoms with Gasteiger partial charge in [-0.1, -0.05) is 53.2 Å². The molecule has 3 nitrogen and oxygen atoms in total. The molecule has 22 heavy (non-hydrogen) atoms. The number of carbonyl (C=O) groups excluding carboxylic acids is 1. The van der Waals surface area contributed by atoms with Crippen molar-refractivity contribution in [2.24, 2.45) is 0 Å². The summed E-state index contributed by atoms with van der Waals surface area (Å²) in [7, 11) is 0. The van der Waals surface area contributed by atoms with E-state index in [1.54, 1.807) is 48.8 Å². The van der Waals surface area contributed by atoms with Crippen molar-refractivity contribution in [3.63, 3.8) is 0 Å². The Bertz CT molecular complexity index is 773. The number of aromatic nitrogens is 1. The Morgan fingerprint density at radius 3 is 2.55 bits per heavy atom. The van der Waals surface area contributed by atoms with Crippen LogP contribution in [-0.4, -0.2) is 15.2 Å². The normalized spacial score (nSPS) is 16.6. The molecule has 1 aliphatic rings. The van der Waals surface area contributed by atoms with Crippen LogP contribution in [0.3, 0.4) is 0 Å². The lowest BCUT2D eigenvalue weighted by atomic mass is 10.2. The molecule has 0 radical (unpaired) electrons. The highest BCUT2D eigenvalue weighted by molar-refractivity contribution is 8.27. The Morgan fingerprint density at radius 1 is 1.18 bits per heavy atom. The van der Waals surface area contributed by atoms with E-state index in [9.17, 15) is 4.79 Å². The topological polar surface area (TPSA) is 33.2 Å². The highest BCUT2D eigenvalue weighted by atomic mass is 35.5. The minimum Gasteiger partial charge on any atom is -0.268 e. The van der Waals surface area contributed by atoms with E-state index in [0.29, 0.717) is 30.5 Å². The van der Waals surface area contributed by atoms with Crippen LogP contribution in [0.5, 0.6) is 0 Å². The first-order valence-electron chi connectivity index (χ1n) is 6.20. The zero-order valence-corrected chi connectivity index (χ0v) is 14.1. The maximum Gasteiger partial charge on any atom is 0.270 e. The number of halogens is 2. The first-order chi connectivity index (χ1) is 10.6. The zero-order valence-electron chi connectivity index (χ0n) is 11.0. The van der Waals surface area contributed by atoms with Crippen molar-refractivity contribution in [3.8, 4) is 0 Å². The molecule has 1 aliphatic heterocycles. The number of benzene rings is 1. The summed E-state index contributed by atoms with van der Waals surface area (Å²) in [4.78, 5) is 18.5. The van der Waals surface area contributed by atoms with Crippen LogP contribution in [0, 0.1) is 0 Å². The van der Waals surface area contributed by atoms with E-state index in [-0.39, 0.29) is 5.91 Å². The zero-order chi connectivity index (χ0) is 15.7. The van der Waals surface area contributed by atoms with Crippen molar-refractivity contribution in [1.82, 2.24) is 4.98 Å². The number of hydrogen-bond acceptors (Lipinski definition) is 4. The highest BCUT2D eigenvalue weighted by Crippen LogP contribution is 2.37. The highest BCUT2D eigenvalue weighted by Gasteiger charge is 2.33. The van der Waals surface area contributed by atoms with Gasteiger partial charge in [-0.15, -0.1) is 0 Å². The fourth-order valence-electron chi connectivity index (χ4n) is 1.96. The monoisotopic (exact) mass is 366 g/mol. The van der Waals surface area contributed by atoms with Crippen LogP contribution in [0.25, 0.3) is 6.08 Å². The number of rotatable bonds is 2. The predicted molar refractivity (Wildman–Crippen MR) is 96.4 cm³/mol. The Labute approximate surface area is 146 Å². The predicted octanol–water partition coefficient (Wildman–Crippen LogP) is 4.79. The molecule has 2 aromatic rings. The molecule has 0 unspecified atom stereocenters. The number of carbonyl (C=O) groups is 1. The molecule has 1 saturated heterocycles. The minimum absolute atomic E-state index is 0.209. The summed E-state index contributed by atoms with van der Waals surface area (Å²) in [6.45, 7) is 0. The Morgan fingerprint density at radius 2 is 1.91 bits per heavy atom. The van der Waals surface area contributed by atoms with Crippen LogP contribution in [0.2, 0.25) is 10.0 Å². The van der Waals surface area contributed by atoms with Gasteiger partial charge in [0.2, 0.25) is 0 Å². The van der Waals surface area contributed by atoms with E-state index < -0.39 is 0 Å². The fourth-order valence-corrected chi connectivity index (χ4v) is 3.74. The second-order valence-corrected chi connectivity index (χ2v) is 6.85. The van der Waals surface area contributed by atoms with E-state index in [1.165, 1.54) is 16.7 Å². The molecule has 1 aromatic heterocycles. The molecule has 110 valence electrons. The van der Waals surface area contributed by atoms with Crippen molar-refractivity contribution < 1.29 is 4.79 Å². The van der Waals surface area contributed by atoms with Crippen molar-refractivity contribution >= 4 is 69.2 Å². The molecular formula is C15H8Cl2N2OS2. The van der Waals surface area contributed by atoms with Gasteiger partial charge in [-0.3, -0.25) is 14.7 Å². The Kier molecular flexibility index (Phi) is 4.49. The number of anilines is 1. The molecule has 2 heterocycles. The fraction of sp³-hybridized carbons (Fsp3) is 0. The SMILES string of the molecule is O=C1/C(=C\c2c(Cl)cccc2Cl)SC(=S)N1c1cccnc1.